The Morgan fingerprint density at radius 1 is 0.778 bits per heavy atom. The number of imidazole rings is 1. The first-order valence-electron chi connectivity index (χ1n) is 11.7. The summed E-state index contributed by atoms with van der Waals surface area (Å²) in [5.41, 5.74) is 5.87. The van der Waals surface area contributed by atoms with Crippen LogP contribution in [-0.2, 0) is 10.0 Å². The molecule has 0 unspecified atom stereocenters. The Balaban J connectivity index is 1.59. The van der Waals surface area contributed by atoms with Gasteiger partial charge in [0.1, 0.15) is 17.2 Å². The minimum absolute atomic E-state index is 0.244. The van der Waals surface area contributed by atoms with Crippen LogP contribution in [0.2, 0.25) is 0 Å². The van der Waals surface area contributed by atoms with Crippen molar-refractivity contribution < 1.29 is 8.42 Å². The summed E-state index contributed by atoms with van der Waals surface area (Å²) < 4.78 is 30.8. The smallest absolute Gasteiger partial charge is 0.268 e. The molecule has 3 aromatic heterocycles. The van der Waals surface area contributed by atoms with E-state index in [1.807, 2.05) is 103 Å². The molecule has 0 atom stereocenters. The van der Waals surface area contributed by atoms with Crippen LogP contribution in [0.4, 0.5) is 11.5 Å². The highest BCUT2D eigenvalue weighted by Gasteiger charge is 2.24. The lowest BCUT2D eigenvalue weighted by Gasteiger charge is -2.09. The monoisotopic (exact) mass is 492 g/mol. The highest BCUT2D eigenvalue weighted by Crippen LogP contribution is 2.38. The maximum Gasteiger partial charge on any atom is 0.268 e. The largest absolute Gasteiger partial charge is 0.339 e. The van der Waals surface area contributed by atoms with Gasteiger partial charge in [0.05, 0.1) is 10.4 Å². The predicted octanol–water partition coefficient (Wildman–Crippen LogP) is 6.55. The second-order valence-electron chi connectivity index (χ2n) is 8.90. The molecule has 0 radical (unpaired) electrons. The Morgan fingerprint density at radius 2 is 1.44 bits per heavy atom. The quantitative estimate of drug-likeness (QED) is 0.296. The lowest BCUT2D eigenvalue weighted by molar-refractivity contribution is 0.589. The number of nitrogens with zero attached hydrogens (tertiary/aromatic N) is 3. The van der Waals surface area contributed by atoms with Gasteiger partial charge in [-0.3, -0.25) is 4.40 Å². The fraction of sp³-hybridized carbons (Fsp3) is 0.0690. The van der Waals surface area contributed by atoms with Gasteiger partial charge >= 0.3 is 0 Å². The van der Waals surface area contributed by atoms with E-state index in [4.69, 9.17) is 4.98 Å². The summed E-state index contributed by atoms with van der Waals surface area (Å²) in [6.07, 6.45) is 3.63. The number of rotatable bonds is 5. The van der Waals surface area contributed by atoms with E-state index in [2.05, 4.69) is 5.32 Å². The third kappa shape index (κ3) is 3.65. The standard InChI is InChI=1S/C29H24N4O2S/c1-20-10-14-22(15-11-20)30-29-28(31-27-9-5-6-18-32(27)29)25-19-33(26-8-4-3-7-24(25)26)36(34,35)23-16-12-21(2)13-17-23/h3-19,30H,1-2H3. The van der Waals surface area contributed by atoms with Crippen LogP contribution >= 0.6 is 0 Å². The Kier molecular flexibility index (Phi) is 5.16. The van der Waals surface area contributed by atoms with E-state index in [0.29, 0.717) is 11.2 Å². The Hall–Kier alpha value is -4.36. The molecule has 0 spiro atoms. The SMILES string of the molecule is Cc1ccc(Nc2c(-c3cn(S(=O)(=O)c4ccc(C)cc4)c4ccccc34)nc3ccccn23)cc1. The number of aryl methyl sites for hydroxylation is 2. The van der Waals surface area contributed by atoms with Crippen LogP contribution < -0.4 is 5.32 Å². The van der Waals surface area contributed by atoms with Crippen LogP contribution in [-0.4, -0.2) is 21.8 Å². The number of hydrogen-bond donors (Lipinski definition) is 1. The van der Waals surface area contributed by atoms with Gasteiger partial charge in [-0.2, -0.15) is 0 Å². The van der Waals surface area contributed by atoms with Gasteiger partial charge in [-0.1, -0.05) is 59.7 Å². The number of fused-ring (bicyclic) bond motifs is 2. The number of hydrogen-bond acceptors (Lipinski definition) is 4. The van der Waals surface area contributed by atoms with Crippen molar-refractivity contribution in [2.24, 2.45) is 0 Å². The summed E-state index contributed by atoms with van der Waals surface area (Å²) in [6, 6.07) is 28.4. The fourth-order valence-electron chi connectivity index (χ4n) is 4.44. The van der Waals surface area contributed by atoms with Crippen LogP contribution in [0.1, 0.15) is 11.1 Å². The topological polar surface area (TPSA) is 68.4 Å². The normalized spacial score (nSPS) is 11.8. The Labute approximate surface area is 209 Å². The second-order valence-corrected chi connectivity index (χ2v) is 10.7. The molecule has 3 heterocycles. The van der Waals surface area contributed by atoms with Crippen molar-refractivity contribution in [1.82, 2.24) is 13.4 Å². The zero-order valence-corrected chi connectivity index (χ0v) is 20.7. The summed E-state index contributed by atoms with van der Waals surface area (Å²) in [5, 5.41) is 4.32. The lowest BCUT2D eigenvalue weighted by Crippen LogP contribution is -2.11. The predicted molar refractivity (Wildman–Crippen MR) is 144 cm³/mol. The maximum absolute atomic E-state index is 13.7. The molecule has 7 heteroatoms. The molecule has 0 aliphatic rings. The van der Waals surface area contributed by atoms with Crippen LogP contribution in [0.5, 0.6) is 0 Å². The van der Waals surface area contributed by atoms with E-state index in [1.54, 1.807) is 18.3 Å². The van der Waals surface area contributed by atoms with E-state index in [1.165, 1.54) is 9.54 Å². The Morgan fingerprint density at radius 3 is 2.19 bits per heavy atom. The van der Waals surface area contributed by atoms with Gasteiger partial charge in [0.25, 0.3) is 10.0 Å². The van der Waals surface area contributed by atoms with Crippen LogP contribution in [0.25, 0.3) is 27.8 Å². The minimum Gasteiger partial charge on any atom is -0.339 e. The highest BCUT2D eigenvalue weighted by molar-refractivity contribution is 7.90. The van der Waals surface area contributed by atoms with E-state index < -0.39 is 10.0 Å². The maximum atomic E-state index is 13.7. The fourth-order valence-corrected chi connectivity index (χ4v) is 5.81. The third-order valence-corrected chi connectivity index (χ3v) is 8.04. The molecular weight excluding hydrogens is 468 g/mol. The summed E-state index contributed by atoms with van der Waals surface area (Å²) in [4.78, 5) is 5.16. The molecule has 0 aliphatic heterocycles. The molecule has 1 N–H and O–H groups in total. The van der Waals surface area contributed by atoms with Crippen molar-refractivity contribution in [2.45, 2.75) is 18.7 Å². The van der Waals surface area contributed by atoms with Crippen molar-refractivity contribution in [3.05, 3.63) is 115 Å². The number of pyridine rings is 1. The number of nitrogens with one attached hydrogen (secondary N) is 1. The molecule has 0 fully saturated rings. The van der Waals surface area contributed by atoms with E-state index in [9.17, 15) is 8.42 Å². The molecule has 36 heavy (non-hydrogen) atoms. The zero-order valence-electron chi connectivity index (χ0n) is 19.9. The van der Waals surface area contributed by atoms with Gasteiger partial charge < -0.3 is 5.32 Å². The summed E-state index contributed by atoms with van der Waals surface area (Å²) >= 11 is 0. The first-order chi connectivity index (χ1) is 17.4. The number of benzene rings is 3. The zero-order chi connectivity index (χ0) is 24.9. The number of para-hydroxylation sites is 1. The molecular formula is C29H24N4O2S. The van der Waals surface area contributed by atoms with E-state index in [-0.39, 0.29) is 4.90 Å². The highest BCUT2D eigenvalue weighted by atomic mass is 32.2. The van der Waals surface area contributed by atoms with Crippen LogP contribution in [0, 0.1) is 13.8 Å². The lowest BCUT2D eigenvalue weighted by atomic mass is 10.1. The van der Waals surface area contributed by atoms with Gasteiger partial charge in [0, 0.05) is 29.0 Å². The van der Waals surface area contributed by atoms with Crippen LogP contribution in [0.15, 0.2) is 108 Å². The van der Waals surface area contributed by atoms with Gasteiger partial charge in [0.2, 0.25) is 0 Å². The van der Waals surface area contributed by atoms with Crippen molar-refractivity contribution in [3.63, 3.8) is 0 Å². The molecule has 6 nitrogen and oxygen atoms in total. The first kappa shape index (κ1) is 22.1. The van der Waals surface area contributed by atoms with Crippen molar-refractivity contribution in [1.29, 1.82) is 0 Å². The van der Waals surface area contributed by atoms with E-state index in [0.717, 1.165) is 33.7 Å². The molecule has 6 rings (SSSR count). The molecule has 6 aromatic rings. The van der Waals surface area contributed by atoms with Gasteiger partial charge in [-0.05, 0) is 56.3 Å². The first-order valence-corrected chi connectivity index (χ1v) is 13.1. The molecule has 0 saturated carbocycles. The third-order valence-electron chi connectivity index (χ3n) is 6.36. The Bertz CT molecular complexity index is 1830. The average molecular weight is 493 g/mol. The molecule has 0 aliphatic carbocycles. The summed E-state index contributed by atoms with van der Waals surface area (Å²) in [7, 11) is -3.81. The minimum atomic E-state index is -3.81. The van der Waals surface area contributed by atoms with Crippen molar-refractivity contribution in [3.8, 4) is 11.3 Å². The molecule has 3 aromatic carbocycles. The average Bonchev–Trinajstić information content (AvgIpc) is 3.45. The summed E-state index contributed by atoms with van der Waals surface area (Å²) in [5.74, 6) is 0.769. The molecule has 0 bridgehead atoms. The van der Waals surface area contributed by atoms with E-state index >= 15 is 0 Å². The molecule has 0 amide bonds. The molecule has 0 saturated heterocycles. The van der Waals surface area contributed by atoms with Crippen molar-refractivity contribution >= 4 is 38.1 Å². The van der Waals surface area contributed by atoms with Gasteiger partial charge in [0.15, 0.2) is 0 Å². The van der Waals surface area contributed by atoms with Crippen LogP contribution in [0.3, 0.4) is 0 Å². The second kappa shape index (κ2) is 8.39. The molecule has 178 valence electrons. The summed E-state index contributed by atoms with van der Waals surface area (Å²) in [6.45, 7) is 3.98. The van der Waals surface area contributed by atoms with Gasteiger partial charge in [-0.15, -0.1) is 0 Å². The number of aromatic nitrogens is 3. The van der Waals surface area contributed by atoms with Gasteiger partial charge in [-0.25, -0.2) is 17.4 Å². The van der Waals surface area contributed by atoms with Crippen molar-refractivity contribution in [2.75, 3.05) is 5.32 Å². The number of anilines is 2.